The third kappa shape index (κ3) is 8.52. The van der Waals surface area contributed by atoms with Crippen LogP contribution in [-0.4, -0.2) is 6.21 Å². The standard InChI is InChI=1S/C19H24N2.C3H8/c1-2-3-4-5-6-16-9-13-19(14-10-16)21-15-17-7-11-18(20)12-8-17;1-3-2/h7-15H,2-6,20H2,1H3;3H2,1-2H3. The molecular formula is C22H32N2. The monoisotopic (exact) mass is 324 g/mol. The first kappa shape index (κ1) is 20.0. The number of aliphatic imine (C=N–C) groups is 1. The van der Waals surface area contributed by atoms with E-state index in [1.807, 2.05) is 30.5 Å². The maximum absolute atomic E-state index is 5.66. The van der Waals surface area contributed by atoms with Gasteiger partial charge in [0.05, 0.1) is 5.69 Å². The largest absolute Gasteiger partial charge is 0.399 e. The van der Waals surface area contributed by atoms with Crippen molar-refractivity contribution in [3.8, 4) is 0 Å². The van der Waals surface area contributed by atoms with Crippen LogP contribution < -0.4 is 5.73 Å². The lowest BCUT2D eigenvalue weighted by Crippen LogP contribution is -1.86. The van der Waals surface area contributed by atoms with Crippen LogP contribution in [0.25, 0.3) is 0 Å². The first-order valence-electron chi connectivity index (χ1n) is 9.18. The highest BCUT2D eigenvalue weighted by molar-refractivity contribution is 5.82. The lowest BCUT2D eigenvalue weighted by Gasteiger charge is -2.02. The van der Waals surface area contributed by atoms with Gasteiger partial charge >= 0.3 is 0 Å². The molecule has 0 saturated carbocycles. The summed E-state index contributed by atoms with van der Waals surface area (Å²) in [5.41, 5.74) is 9.90. The molecule has 0 aliphatic heterocycles. The predicted molar refractivity (Wildman–Crippen MR) is 108 cm³/mol. The maximum atomic E-state index is 5.66. The molecule has 2 rings (SSSR count). The molecule has 2 aromatic rings. The van der Waals surface area contributed by atoms with Crippen molar-refractivity contribution in [1.29, 1.82) is 0 Å². The Hall–Kier alpha value is -2.09. The van der Waals surface area contributed by atoms with Crippen LogP contribution >= 0.6 is 0 Å². The third-order valence-corrected chi connectivity index (χ3v) is 3.55. The Labute approximate surface area is 147 Å². The molecule has 0 fully saturated rings. The van der Waals surface area contributed by atoms with Crippen LogP contribution in [0.15, 0.2) is 53.5 Å². The molecule has 130 valence electrons. The van der Waals surface area contributed by atoms with Gasteiger partial charge in [-0.2, -0.15) is 0 Å². The van der Waals surface area contributed by atoms with Gasteiger partial charge in [0, 0.05) is 11.9 Å². The number of nitrogens with zero attached hydrogens (tertiary/aromatic N) is 1. The molecule has 0 atom stereocenters. The summed E-state index contributed by atoms with van der Waals surface area (Å²) in [6, 6.07) is 16.3. The molecule has 0 aromatic heterocycles. The van der Waals surface area contributed by atoms with E-state index < -0.39 is 0 Å². The van der Waals surface area contributed by atoms with E-state index in [0.29, 0.717) is 0 Å². The zero-order chi connectivity index (χ0) is 17.6. The van der Waals surface area contributed by atoms with E-state index in [1.54, 1.807) is 0 Å². The van der Waals surface area contributed by atoms with Crippen molar-refractivity contribution in [1.82, 2.24) is 0 Å². The number of hydrogen-bond donors (Lipinski definition) is 1. The lowest BCUT2D eigenvalue weighted by molar-refractivity contribution is 0.667. The summed E-state index contributed by atoms with van der Waals surface area (Å²) in [7, 11) is 0. The van der Waals surface area contributed by atoms with Gasteiger partial charge in [0.25, 0.3) is 0 Å². The van der Waals surface area contributed by atoms with Crippen LogP contribution in [-0.2, 0) is 6.42 Å². The van der Waals surface area contributed by atoms with E-state index in [-0.39, 0.29) is 0 Å². The molecule has 24 heavy (non-hydrogen) atoms. The van der Waals surface area contributed by atoms with Crippen LogP contribution in [0.2, 0.25) is 0 Å². The molecule has 2 heteroatoms. The number of hydrogen-bond acceptors (Lipinski definition) is 2. The van der Waals surface area contributed by atoms with E-state index in [4.69, 9.17) is 5.73 Å². The van der Waals surface area contributed by atoms with Gasteiger partial charge in [0.1, 0.15) is 0 Å². The second kappa shape index (κ2) is 12.3. The van der Waals surface area contributed by atoms with Crippen LogP contribution in [0.1, 0.15) is 64.0 Å². The molecule has 2 N–H and O–H groups in total. The molecule has 0 heterocycles. The van der Waals surface area contributed by atoms with Gasteiger partial charge in [0.2, 0.25) is 0 Å². The Kier molecular flexibility index (Phi) is 10.3. The van der Waals surface area contributed by atoms with Crippen molar-refractivity contribution >= 4 is 17.6 Å². The summed E-state index contributed by atoms with van der Waals surface area (Å²) in [5.74, 6) is 0. The summed E-state index contributed by atoms with van der Waals surface area (Å²) >= 11 is 0. The number of benzene rings is 2. The second-order valence-electron chi connectivity index (χ2n) is 6.11. The smallest absolute Gasteiger partial charge is 0.0630 e. The SMILES string of the molecule is CCC.CCCCCCc1ccc(N=Cc2ccc(N)cc2)cc1. The maximum Gasteiger partial charge on any atom is 0.0630 e. The van der Waals surface area contributed by atoms with Gasteiger partial charge in [-0.1, -0.05) is 70.7 Å². The minimum absolute atomic E-state index is 0.777. The van der Waals surface area contributed by atoms with Crippen molar-refractivity contribution in [2.45, 2.75) is 59.3 Å². The number of nitrogen functional groups attached to an aromatic ring is 1. The first-order chi connectivity index (χ1) is 11.7. The van der Waals surface area contributed by atoms with Crippen molar-refractivity contribution in [2.24, 2.45) is 4.99 Å². The van der Waals surface area contributed by atoms with E-state index in [1.165, 1.54) is 44.1 Å². The molecule has 2 nitrogen and oxygen atoms in total. The topological polar surface area (TPSA) is 38.4 Å². The van der Waals surface area contributed by atoms with Crippen LogP contribution in [0.4, 0.5) is 11.4 Å². The van der Waals surface area contributed by atoms with Crippen LogP contribution in [0.5, 0.6) is 0 Å². The third-order valence-electron chi connectivity index (χ3n) is 3.55. The summed E-state index contributed by atoms with van der Waals surface area (Å²) in [6.07, 6.45) is 9.52. The molecule has 0 saturated heterocycles. The molecule has 0 aliphatic carbocycles. The molecule has 0 radical (unpaired) electrons. The predicted octanol–water partition coefficient (Wildman–Crippen LogP) is 6.56. The van der Waals surface area contributed by atoms with Gasteiger partial charge in [-0.3, -0.25) is 4.99 Å². The number of anilines is 1. The van der Waals surface area contributed by atoms with Crippen LogP contribution in [0, 0.1) is 0 Å². The number of nitrogens with two attached hydrogens (primary N) is 1. The van der Waals surface area contributed by atoms with Crippen molar-refractivity contribution in [3.05, 3.63) is 59.7 Å². The van der Waals surface area contributed by atoms with E-state index >= 15 is 0 Å². The summed E-state index contributed by atoms with van der Waals surface area (Å²) in [4.78, 5) is 4.49. The Morgan fingerprint density at radius 1 is 0.833 bits per heavy atom. The number of aryl methyl sites for hydroxylation is 1. The van der Waals surface area contributed by atoms with Crippen molar-refractivity contribution < 1.29 is 0 Å². The number of rotatable bonds is 7. The highest BCUT2D eigenvalue weighted by atomic mass is 14.7. The Morgan fingerprint density at radius 2 is 1.46 bits per heavy atom. The Morgan fingerprint density at radius 3 is 2.04 bits per heavy atom. The quantitative estimate of drug-likeness (QED) is 0.349. The Balaban J connectivity index is 0.000000891. The minimum Gasteiger partial charge on any atom is -0.399 e. The summed E-state index contributed by atoms with van der Waals surface area (Å²) in [5, 5.41) is 0. The highest BCUT2D eigenvalue weighted by Gasteiger charge is 1.95. The lowest BCUT2D eigenvalue weighted by atomic mass is 10.1. The molecular weight excluding hydrogens is 292 g/mol. The first-order valence-corrected chi connectivity index (χ1v) is 9.18. The van der Waals surface area contributed by atoms with Gasteiger partial charge in [-0.25, -0.2) is 0 Å². The van der Waals surface area contributed by atoms with Gasteiger partial charge in [-0.05, 0) is 48.2 Å². The summed E-state index contributed by atoms with van der Waals surface area (Å²) in [6.45, 7) is 6.49. The molecule has 0 spiro atoms. The molecule has 0 bridgehead atoms. The molecule has 0 unspecified atom stereocenters. The molecule has 0 aliphatic rings. The van der Waals surface area contributed by atoms with Crippen LogP contribution in [0.3, 0.4) is 0 Å². The Bertz CT molecular complexity index is 568. The molecule has 2 aromatic carbocycles. The van der Waals surface area contributed by atoms with Gasteiger partial charge in [-0.15, -0.1) is 0 Å². The normalized spacial score (nSPS) is 10.5. The second-order valence-corrected chi connectivity index (χ2v) is 6.11. The fraction of sp³-hybridized carbons (Fsp3) is 0.409. The molecule has 0 amide bonds. The van der Waals surface area contributed by atoms with E-state index in [0.717, 1.165) is 16.9 Å². The van der Waals surface area contributed by atoms with Crippen molar-refractivity contribution in [3.63, 3.8) is 0 Å². The fourth-order valence-corrected chi connectivity index (χ4v) is 2.24. The van der Waals surface area contributed by atoms with Gasteiger partial charge in [0.15, 0.2) is 0 Å². The average Bonchev–Trinajstić information content (AvgIpc) is 2.60. The average molecular weight is 325 g/mol. The van der Waals surface area contributed by atoms with Gasteiger partial charge < -0.3 is 5.73 Å². The van der Waals surface area contributed by atoms with E-state index in [2.05, 4.69) is 50.0 Å². The van der Waals surface area contributed by atoms with Crippen molar-refractivity contribution in [2.75, 3.05) is 5.73 Å². The fourth-order valence-electron chi connectivity index (χ4n) is 2.24. The minimum atomic E-state index is 0.777. The van der Waals surface area contributed by atoms with E-state index in [9.17, 15) is 0 Å². The highest BCUT2D eigenvalue weighted by Crippen LogP contribution is 2.15. The number of unbranched alkanes of at least 4 members (excludes halogenated alkanes) is 3. The summed E-state index contributed by atoms with van der Waals surface area (Å²) < 4.78 is 0. The zero-order valence-electron chi connectivity index (χ0n) is 15.5. The zero-order valence-corrected chi connectivity index (χ0v) is 15.5.